The van der Waals surface area contributed by atoms with Crippen LogP contribution in [0.5, 0.6) is 5.75 Å². The summed E-state index contributed by atoms with van der Waals surface area (Å²) >= 11 is 5.99. The van der Waals surface area contributed by atoms with Crippen LogP contribution in [0.2, 0.25) is 5.02 Å². The number of rotatable bonds is 6. The second kappa shape index (κ2) is 7.88. The highest BCUT2D eigenvalue weighted by atomic mass is 35.5. The maximum atomic E-state index is 11.8. The molecule has 0 bridgehead atoms. The second-order valence-electron chi connectivity index (χ2n) is 4.93. The highest BCUT2D eigenvalue weighted by Crippen LogP contribution is 2.31. The monoisotopic (exact) mass is 312 g/mol. The van der Waals surface area contributed by atoms with E-state index in [2.05, 4.69) is 5.32 Å². The van der Waals surface area contributed by atoms with Gasteiger partial charge < -0.3 is 15.0 Å². The number of hydrogen-bond acceptors (Lipinski definition) is 3. The fourth-order valence-electron chi connectivity index (χ4n) is 1.82. The Morgan fingerprint density at radius 2 is 2.05 bits per heavy atom. The molecule has 0 atom stereocenters. The zero-order chi connectivity index (χ0) is 16.0. The van der Waals surface area contributed by atoms with E-state index in [1.54, 1.807) is 18.2 Å². The van der Waals surface area contributed by atoms with E-state index >= 15 is 0 Å². The van der Waals surface area contributed by atoms with Crippen LogP contribution in [0, 0.1) is 5.92 Å². The van der Waals surface area contributed by atoms with E-state index in [0.717, 1.165) is 0 Å². The van der Waals surface area contributed by atoms with Crippen molar-refractivity contribution < 1.29 is 14.3 Å². The Hall–Kier alpha value is -1.75. The lowest BCUT2D eigenvalue weighted by Gasteiger charge is -2.24. The lowest BCUT2D eigenvalue weighted by Crippen LogP contribution is -2.39. The van der Waals surface area contributed by atoms with E-state index in [9.17, 15) is 9.59 Å². The first kappa shape index (κ1) is 17.3. The molecular formula is C15H21ClN2O3. The molecule has 1 N–H and O–H groups in total. The Bertz CT molecular complexity index is 518. The maximum absolute atomic E-state index is 11.8. The molecule has 0 spiro atoms. The van der Waals surface area contributed by atoms with Gasteiger partial charge in [-0.3, -0.25) is 9.59 Å². The predicted molar refractivity (Wildman–Crippen MR) is 83.9 cm³/mol. The van der Waals surface area contributed by atoms with Gasteiger partial charge in [0.15, 0.2) is 0 Å². The van der Waals surface area contributed by atoms with Crippen LogP contribution < -0.4 is 15.0 Å². The summed E-state index contributed by atoms with van der Waals surface area (Å²) in [4.78, 5) is 24.9. The van der Waals surface area contributed by atoms with Gasteiger partial charge in [0, 0.05) is 31.0 Å². The summed E-state index contributed by atoms with van der Waals surface area (Å²) in [7, 11) is 1.53. The third-order valence-electron chi connectivity index (χ3n) is 2.97. The fraction of sp³-hybridized carbons (Fsp3) is 0.467. The van der Waals surface area contributed by atoms with Gasteiger partial charge in [-0.25, -0.2) is 0 Å². The van der Waals surface area contributed by atoms with Gasteiger partial charge in [-0.1, -0.05) is 25.4 Å². The van der Waals surface area contributed by atoms with Gasteiger partial charge in [-0.05, 0) is 18.2 Å². The van der Waals surface area contributed by atoms with Crippen LogP contribution in [0.25, 0.3) is 0 Å². The maximum Gasteiger partial charge on any atom is 0.224 e. The van der Waals surface area contributed by atoms with E-state index in [0.29, 0.717) is 29.5 Å². The molecule has 0 aliphatic carbocycles. The van der Waals surface area contributed by atoms with Gasteiger partial charge in [0.1, 0.15) is 5.75 Å². The summed E-state index contributed by atoms with van der Waals surface area (Å²) in [5.74, 6) is 0.284. The zero-order valence-corrected chi connectivity index (χ0v) is 13.5. The second-order valence-corrected chi connectivity index (χ2v) is 5.37. The molecule has 0 fully saturated rings. The summed E-state index contributed by atoms with van der Waals surface area (Å²) in [5.41, 5.74) is 0.594. The number of benzene rings is 1. The minimum atomic E-state index is -0.144. The molecule has 0 aromatic heterocycles. The van der Waals surface area contributed by atoms with Crippen LogP contribution >= 0.6 is 11.6 Å². The van der Waals surface area contributed by atoms with Crippen LogP contribution in [0.4, 0.5) is 5.69 Å². The quantitative estimate of drug-likeness (QED) is 0.878. The summed E-state index contributed by atoms with van der Waals surface area (Å²) in [5, 5.41) is 3.30. The van der Waals surface area contributed by atoms with Gasteiger partial charge in [0.25, 0.3) is 0 Å². The van der Waals surface area contributed by atoms with Crippen molar-refractivity contribution in [1.82, 2.24) is 5.32 Å². The van der Waals surface area contributed by atoms with Crippen LogP contribution in [0.3, 0.4) is 0 Å². The Labute approximate surface area is 130 Å². The Morgan fingerprint density at radius 3 is 2.57 bits per heavy atom. The minimum absolute atomic E-state index is 0.0449. The largest absolute Gasteiger partial charge is 0.495 e. The Kier molecular flexibility index (Phi) is 6.49. The van der Waals surface area contributed by atoms with Crippen molar-refractivity contribution in [2.24, 2.45) is 5.92 Å². The van der Waals surface area contributed by atoms with Gasteiger partial charge in [-0.2, -0.15) is 0 Å². The lowest BCUT2D eigenvalue weighted by atomic mass is 10.2. The van der Waals surface area contributed by atoms with E-state index in [1.807, 2.05) is 13.8 Å². The van der Waals surface area contributed by atoms with Gasteiger partial charge in [-0.15, -0.1) is 0 Å². The number of hydrogen-bond donors (Lipinski definition) is 1. The fourth-order valence-corrected chi connectivity index (χ4v) is 1.98. The van der Waals surface area contributed by atoms with Crippen molar-refractivity contribution in [3.63, 3.8) is 0 Å². The number of nitrogens with zero attached hydrogens (tertiary/aromatic N) is 1. The Morgan fingerprint density at radius 1 is 1.38 bits per heavy atom. The number of carbonyl (C=O) groups excluding carboxylic acids is 2. The van der Waals surface area contributed by atoms with E-state index in [4.69, 9.17) is 16.3 Å². The number of ether oxygens (including phenoxy) is 1. The van der Waals surface area contributed by atoms with E-state index < -0.39 is 0 Å². The first-order chi connectivity index (χ1) is 9.86. The summed E-state index contributed by atoms with van der Waals surface area (Å²) in [6.07, 6.45) is 0. The molecule has 0 saturated heterocycles. The van der Waals surface area contributed by atoms with Crippen molar-refractivity contribution in [3.8, 4) is 5.75 Å². The standard InChI is InChI=1S/C15H21ClN2O3/c1-10(2)15(20)17-7-8-18(11(3)19)13-9-12(16)5-6-14(13)21-4/h5-6,9-10H,7-8H2,1-4H3,(H,17,20). The van der Waals surface area contributed by atoms with Crippen molar-refractivity contribution in [2.75, 3.05) is 25.1 Å². The van der Waals surface area contributed by atoms with Gasteiger partial charge in [0.2, 0.25) is 11.8 Å². The molecule has 2 amide bonds. The van der Waals surface area contributed by atoms with Crippen molar-refractivity contribution >= 4 is 29.1 Å². The molecule has 0 heterocycles. The SMILES string of the molecule is COc1ccc(Cl)cc1N(CCNC(=O)C(C)C)C(C)=O. The summed E-state index contributed by atoms with van der Waals surface area (Å²) in [6.45, 7) is 5.82. The molecule has 0 aliphatic heterocycles. The predicted octanol–water partition coefficient (Wildman–Crippen LogP) is 2.47. The number of nitrogens with one attached hydrogen (secondary N) is 1. The molecule has 1 aromatic rings. The highest BCUT2D eigenvalue weighted by molar-refractivity contribution is 6.31. The normalized spacial score (nSPS) is 10.4. The van der Waals surface area contributed by atoms with E-state index in [1.165, 1.54) is 18.9 Å². The number of carbonyl (C=O) groups is 2. The molecule has 116 valence electrons. The summed E-state index contributed by atoms with van der Waals surface area (Å²) in [6, 6.07) is 5.08. The molecular weight excluding hydrogens is 292 g/mol. The number of amides is 2. The lowest BCUT2D eigenvalue weighted by molar-refractivity contribution is -0.124. The first-order valence-corrected chi connectivity index (χ1v) is 7.14. The smallest absolute Gasteiger partial charge is 0.224 e. The van der Waals surface area contributed by atoms with Crippen molar-refractivity contribution in [3.05, 3.63) is 23.2 Å². The molecule has 0 unspecified atom stereocenters. The number of anilines is 1. The third-order valence-corrected chi connectivity index (χ3v) is 3.21. The van der Waals surface area contributed by atoms with Crippen LogP contribution in [0.1, 0.15) is 20.8 Å². The van der Waals surface area contributed by atoms with Gasteiger partial charge >= 0.3 is 0 Å². The van der Waals surface area contributed by atoms with Crippen molar-refractivity contribution in [2.45, 2.75) is 20.8 Å². The molecule has 0 aliphatic rings. The number of methoxy groups -OCH3 is 1. The first-order valence-electron chi connectivity index (χ1n) is 6.76. The summed E-state index contributed by atoms with van der Waals surface area (Å²) < 4.78 is 5.26. The van der Waals surface area contributed by atoms with Crippen molar-refractivity contribution in [1.29, 1.82) is 0 Å². The van der Waals surface area contributed by atoms with Crippen LogP contribution in [0.15, 0.2) is 18.2 Å². The number of halogens is 1. The average Bonchev–Trinajstić information content (AvgIpc) is 2.42. The molecule has 5 nitrogen and oxygen atoms in total. The average molecular weight is 313 g/mol. The highest BCUT2D eigenvalue weighted by Gasteiger charge is 2.17. The molecule has 0 saturated carbocycles. The van der Waals surface area contributed by atoms with Crippen LogP contribution in [-0.4, -0.2) is 32.0 Å². The zero-order valence-electron chi connectivity index (χ0n) is 12.8. The minimum Gasteiger partial charge on any atom is -0.495 e. The topological polar surface area (TPSA) is 58.6 Å². The van der Waals surface area contributed by atoms with Gasteiger partial charge in [0.05, 0.1) is 12.8 Å². The molecule has 1 rings (SSSR count). The van der Waals surface area contributed by atoms with E-state index in [-0.39, 0.29) is 17.7 Å². The molecule has 1 aromatic carbocycles. The third kappa shape index (κ3) is 4.93. The molecule has 6 heteroatoms. The Balaban J connectivity index is 2.85. The molecule has 21 heavy (non-hydrogen) atoms. The molecule has 0 radical (unpaired) electrons. The van der Waals surface area contributed by atoms with Crippen LogP contribution in [-0.2, 0) is 9.59 Å².